The summed E-state index contributed by atoms with van der Waals surface area (Å²) >= 11 is 0. The van der Waals surface area contributed by atoms with Crippen LogP contribution in [-0.2, 0) is 11.2 Å². The van der Waals surface area contributed by atoms with Crippen molar-refractivity contribution in [1.82, 2.24) is 14.9 Å². The Morgan fingerprint density at radius 2 is 2.00 bits per heavy atom. The van der Waals surface area contributed by atoms with Gasteiger partial charge in [0.2, 0.25) is 5.91 Å². The maximum Gasteiger partial charge on any atom is 0.227 e. The predicted octanol–water partition coefficient (Wildman–Crippen LogP) is 3.49. The normalized spacial score (nSPS) is 16.7. The zero-order valence-electron chi connectivity index (χ0n) is 15.6. The molecule has 2 aromatic carbocycles. The second-order valence-corrected chi connectivity index (χ2v) is 6.75. The molecule has 6 nitrogen and oxygen atoms in total. The van der Waals surface area contributed by atoms with Crippen molar-refractivity contribution in [3.05, 3.63) is 53.9 Å². The van der Waals surface area contributed by atoms with Crippen LogP contribution in [0.15, 0.2) is 42.5 Å². The Morgan fingerprint density at radius 1 is 1.19 bits per heavy atom. The third-order valence-electron chi connectivity index (χ3n) is 5.10. The lowest BCUT2D eigenvalue weighted by molar-refractivity contribution is -0.131. The van der Waals surface area contributed by atoms with Crippen molar-refractivity contribution < 1.29 is 14.3 Å². The number of nitrogens with zero attached hydrogens (tertiary/aromatic N) is 2. The van der Waals surface area contributed by atoms with Crippen LogP contribution in [0.4, 0.5) is 0 Å². The fourth-order valence-electron chi connectivity index (χ4n) is 3.75. The van der Waals surface area contributed by atoms with Crippen LogP contribution < -0.4 is 9.47 Å². The van der Waals surface area contributed by atoms with E-state index < -0.39 is 0 Å². The number of rotatable bonds is 5. The number of aromatic amines is 1. The highest BCUT2D eigenvalue weighted by Crippen LogP contribution is 2.33. The molecule has 1 amide bonds. The molecule has 1 aromatic heterocycles. The van der Waals surface area contributed by atoms with Gasteiger partial charge in [-0.1, -0.05) is 18.2 Å². The van der Waals surface area contributed by atoms with E-state index in [0.717, 1.165) is 41.8 Å². The van der Waals surface area contributed by atoms with Gasteiger partial charge in [-0.2, -0.15) is 0 Å². The Hall–Kier alpha value is -3.02. The second kappa shape index (κ2) is 7.31. The van der Waals surface area contributed by atoms with Crippen LogP contribution in [-0.4, -0.2) is 41.5 Å². The number of benzene rings is 2. The Balaban J connectivity index is 1.54. The summed E-state index contributed by atoms with van der Waals surface area (Å²) in [5, 5.41) is 0. The lowest BCUT2D eigenvalue weighted by Gasteiger charge is -2.23. The first kappa shape index (κ1) is 17.4. The molecule has 27 heavy (non-hydrogen) atoms. The molecule has 1 saturated heterocycles. The number of hydrogen-bond donors (Lipinski definition) is 1. The van der Waals surface area contributed by atoms with Crippen molar-refractivity contribution in [1.29, 1.82) is 0 Å². The van der Waals surface area contributed by atoms with Gasteiger partial charge in [0, 0.05) is 6.54 Å². The number of nitrogens with one attached hydrogen (secondary N) is 1. The zero-order chi connectivity index (χ0) is 18.8. The molecule has 4 rings (SSSR count). The minimum atomic E-state index is 0.00467. The van der Waals surface area contributed by atoms with Crippen LogP contribution >= 0.6 is 0 Å². The van der Waals surface area contributed by atoms with Crippen molar-refractivity contribution in [3.8, 4) is 11.5 Å². The average Bonchev–Trinajstić information content (AvgIpc) is 3.34. The van der Waals surface area contributed by atoms with Crippen molar-refractivity contribution in [2.75, 3.05) is 20.8 Å². The number of para-hydroxylation sites is 2. The quantitative estimate of drug-likeness (QED) is 0.752. The monoisotopic (exact) mass is 365 g/mol. The first-order chi connectivity index (χ1) is 13.2. The summed E-state index contributed by atoms with van der Waals surface area (Å²) < 4.78 is 10.6. The summed E-state index contributed by atoms with van der Waals surface area (Å²) in [4.78, 5) is 23.0. The molecule has 0 saturated carbocycles. The lowest BCUT2D eigenvalue weighted by Crippen LogP contribution is -2.32. The summed E-state index contributed by atoms with van der Waals surface area (Å²) in [5.74, 6) is 2.27. The highest BCUT2D eigenvalue weighted by molar-refractivity contribution is 5.80. The maximum atomic E-state index is 13.0. The Morgan fingerprint density at radius 3 is 2.78 bits per heavy atom. The number of ether oxygens (including phenoxy) is 2. The lowest BCUT2D eigenvalue weighted by atomic mass is 10.1. The molecule has 1 aliphatic heterocycles. The van der Waals surface area contributed by atoms with Gasteiger partial charge in [-0.3, -0.25) is 4.79 Å². The van der Waals surface area contributed by atoms with Gasteiger partial charge >= 0.3 is 0 Å². The Bertz CT molecular complexity index is 933. The van der Waals surface area contributed by atoms with E-state index in [0.29, 0.717) is 17.9 Å². The zero-order valence-corrected chi connectivity index (χ0v) is 15.6. The number of amides is 1. The standard InChI is InChI=1S/C21H23N3O3/c1-26-18-10-9-14(12-19(18)27-2)13-20(25)24-11-5-8-17(24)21-22-15-6-3-4-7-16(15)23-21/h3-4,6-7,9-10,12,17H,5,8,11,13H2,1-2H3,(H,22,23)/t17-/m1/s1. The van der Waals surface area contributed by atoms with Crippen LogP contribution in [0.25, 0.3) is 11.0 Å². The third kappa shape index (κ3) is 3.35. The number of aromatic nitrogens is 2. The second-order valence-electron chi connectivity index (χ2n) is 6.75. The van der Waals surface area contributed by atoms with Crippen molar-refractivity contribution in [2.24, 2.45) is 0 Å². The summed E-state index contributed by atoms with van der Waals surface area (Å²) in [5.41, 5.74) is 2.85. The topological polar surface area (TPSA) is 67.5 Å². The Labute approximate surface area is 158 Å². The van der Waals surface area contributed by atoms with Gasteiger partial charge in [-0.05, 0) is 42.7 Å². The summed E-state index contributed by atoms with van der Waals surface area (Å²) in [6, 6.07) is 13.6. The number of H-pyrrole nitrogens is 1. The van der Waals surface area contributed by atoms with E-state index in [1.54, 1.807) is 14.2 Å². The number of fused-ring (bicyclic) bond motifs is 1. The largest absolute Gasteiger partial charge is 0.493 e. The van der Waals surface area contributed by atoms with Crippen LogP contribution in [0.2, 0.25) is 0 Å². The number of methoxy groups -OCH3 is 2. The summed E-state index contributed by atoms with van der Waals surface area (Å²) in [6.45, 7) is 0.758. The first-order valence-electron chi connectivity index (χ1n) is 9.14. The van der Waals surface area contributed by atoms with E-state index in [4.69, 9.17) is 14.5 Å². The van der Waals surface area contributed by atoms with Crippen molar-refractivity contribution in [3.63, 3.8) is 0 Å². The molecule has 0 unspecified atom stereocenters. The molecule has 0 spiro atoms. The van der Waals surface area contributed by atoms with Crippen LogP contribution in [0.3, 0.4) is 0 Å². The first-order valence-corrected chi connectivity index (χ1v) is 9.14. The number of imidazole rings is 1. The highest BCUT2D eigenvalue weighted by Gasteiger charge is 2.32. The van der Waals surface area contributed by atoms with Gasteiger partial charge in [0.05, 0.1) is 37.7 Å². The summed E-state index contributed by atoms with van der Waals surface area (Å²) in [6.07, 6.45) is 2.24. The molecule has 6 heteroatoms. The maximum absolute atomic E-state index is 13.0. The van der Waals surface area contributed by atoms with Gasteiger partial charge in [-0.25, -0.2) is 4.98 Å². The molecule has 1 fully saturated rings. The molecule has 1 N–H and O–H groups in total. The van der Waals surface area contributed by atoms with Gasteiger partial charge in [-0.15, -0.1) is 0 Å². The fraction of sp³-hybridized carbons (Fsp3) is 0.333. The molecule has 3 aromatic rings. The van der Waals surface area contributed by atoms with E-state index in [-0.39, 0.29) is 11.9 Å². The molecule has 2 heterocycles. The van der Waals surface area contributed by atoms with Crippen LogP contribution in [0.1, 0.15) is 30.3 Å². The van der Waals surface area contributed by atoms with Gasteiger partial charge in [0.25, 0.3) is 0 Å². The minimum absolute atomic E-state index is 0.00467. The third-order valence-corrected chi connectivity index (χ3v) is 5.10. The van der Waals surface area contributed by atoms with E-state index in [9.17, 15) is 4.79 Å². The predicted molar refractivity (Wildman–Crippen MR) is 103 cm³/mol. The van der Waals surface area contributed by atoms with Gasteiger partial charge in [0.15, 0.2) is 11.5 Å². The Kier molecular flexibility index (Phi) is 4.71. The van der Waals surface area contributed by atoms with Gasteiger partial charge in [0.1, 0.15) is 5.82 Å². The fourth-order valence-corrected chi connectivity index (χ4v) is 3.75. The molecule has 0 aliphatic carbocycles. The molecule has 0 bridgehead atoms. The van der Waals surface area contributed by atoms with E-state index in [1.807, 2.05) is 47.4 Å². The minimum Gasteiger partial charge on any atom is -0.493 e. The van der Waals surface area contributed by atoms with E-state index in [2.05, 4.69) is 4.98 Å². The van der Waals surface area contributed by atoms with E-state index in [1.165, 1.54) is 0 Å². The van der Waals surface area contributed by atoms with Crippen molar-refractivity contribution >= 4 is 16.9 Å². The molecule has 1 aliphatic rings. The van der Waals surface area contributed by atoms with E-state index >= 15 is 0 Å². The van der Waals surface area contributed by atoms with Crippen LogP contribution in [0, 0.1) is 0 Å². The number of likely N-dealkylation sites (tertiary alicyclic amines) is 1. The SMILES string of the molecule is COc1ccc(CC(=O)N2CCC[C@@H]2c2nc3ccccc3[nH]2)cc1OC. The molecular weight excluding hydrogens is 342 g/mol. The molecule has 140 valence electrons. The molecule has 1 atom stereocenters. The molecule has 0 radical (unpaired) electrons. The average molecular weight is 365 g/mol. The van der Waals surface area contributed by atoms with Crippen LogP contribution in [0.5, 0.6) is 11.5 Å². The number of carbonyl (C=O) groups excluding carboxylic acids is 1. The molecular formula is C21H23N3O3. The highest BCUT2D eigenvalue weighted by atomic mass is 16.5. The summed E-state index contributed by atoms with van der Waals surface area (Å²) in [7, 11) is 3.20. The number of hydrogen-bond acceptors (Lipinski definition) is 4. The van der Waals surface area contributed by atoms with Crippen molar-refractivity contribution in [2.45, 2.75) is 25.3 Å². The smallest absolute Gasteiger partial charge is 0.227 e. The van der Waals surface area contributed by atoms with Gasteiger partial charge < -0.3 is 19.4 Å². The number of carbonyl (C=O) groups is 1.